The average molecular weight is 381 g/mol. The van der Waals surface area contributed by atoms with Gasteiger partial charge in [0.15, 0.2) is 5.13 Å². The molecule has 0 saturated heterocycles. The van der Waals surface area contributed by atoms with Crippen molar-refractivity contribution in [3.63, 3.8) is 0 Å². The molecule has 0 atom stereocenters. The fourth-order valence-corrected chi connectivity index (χ4v) is 2.66. The molecule has 3 aromatic rings. The first-order valence-electron chi connectivity index (χ1n) is 7.03. The summed E-state index contributed by atoms with van der Waals surface area (Å²) in [6.45, 7) is 0. The van der Waals surface area contributed by atoms with Crippen molar-refractivity contribution < 1.29 is 22.8 Å². The maximum absolute atomic E-state index is 12.6. The number of nitrogens with zero attached hydrogens (tertiary/aromatic N) is 3. The standard InChI is InChI=1S/C15H10F3N5O2S/c16-15(17,18)9-1-3-10(4-2-9)23-7-8(5-21-23)13(25)22-14-20-6-11(26-14)12(19)24/h1-7H,(H2,19,24)(H,20,22,25). The first-order valence-corrected chi connectivity index (χ1v) is 7.85. The largest absolute Gasteiger partial charge is 0.416 e. The van der Waals surface area contributed by atoms with Gasteiger partial charge in [-0.25, -0.2) is 9.67 Å². The topological polar surface area (TPSA) is 103 Å². The van der Waals surface area contributed by atoms with Crippen LogP contribution in [0.3, 0.4) is 0 Å². The van der Waals surface area contributed by atoms with Crippen LogP contribution in [0.25, 0.3) is 5.69 Å². The number of hydrogen-bond donors (Lipinski definition) is 2. The van der Waals surface area contributed by atoms with E-state index in [1.54, 1.807) is 0 Å². The predicted octanol–water partition coefficient (Wildman–Crippen LogP) is 2.70. The minimum Gasteiger partial charge on any atom is -0.365 e. The molecule has 3 N–H and O–H groups in total. The van der Waals surface area contributed by atoms with Gasteiger partial charge < -0.3 is 5.73 Å². The van der Waals surface area contributed by atoms with E-state index in [0.29, 0.717) is 5.69 Å². The number of aromatic nitrogens is 3. The Balaban J connectivity index is 1.74. The minimum atomic E-state index is -4.43. The maximum Gasteiger partial charge on any atom is 0.416 e. The van der Waals surface area contributed by atoms with Crippen molar-refractivity contribution in [2.24, 2.45) is 5.73 Å². The van der Waals surface area contributed by atoms with Crippen LogP contribution in [-0.4, -0.2) is 26.6 Å². The van der Waals surface area contributed by atoms with E-state index >= 15 is 0 Å². The first kappa shape index (κ1) is 17.6. The molecule has 0 aliphatic rings. The zero-order valence-electron chi connectivity index (χ0n) is 12.8. The van der Waals surface area contributed by atoms with Crippen LogP contribution in [-0.2, 0) is 6.18 Å². The third kappa shape index (κ3) is 3.72. The van der Waals surface area contributed by atoms with Gasteiger partial charge in [0.1, 0.15) is 4.88 Å². The number of amides is 2. The Morgan fingerprint density at radius 1 is 1.15 bits per heavy atom. The first-order chi connectivity index (χ1) is 12.2. The lowest BCUT2D eigenvalue weighted by molar-refractivity contribution is -0.137. The summed E-state index contributed by atoms with van der Waals surface area (Å²) >= 11 is 0.920. The molecule has 0 spiro atoms. The van der Waals surface area contributed by atoms with E-state index in [9.17, 15) is 22.8 Å². The number of primary amides is 1. The molecule has 0 bridgehead atoms. The number of benzene rings is 1. The molecular weight excluding hydrogens is 371 g/mol. The normalized spacial score (nSPS) is 11.3. The van der Waals surface area contributed by atoms with Crippen LogP contribution in [0, 0.1) is 0 Å². The van der Waals surface area contributed by atoms with Gasteiger partial charge in [-0.1, -0.05) is 11.3 Å². The number of hydrogen-bond acceptors (Lipinski definition) is 5. The van der Waals surface area contributed by atoms with Crippen LogP contribution in [0.1, 0.15) is 25.6 Å². The number of rotatable bonds is 4. The lowest BCUT2D eigenvalue weighted by Gasteiger charge is -2.07. The second kappa shape index (κ2) is 6.59. The molecule has 0 fully saturated rings. The van der Waals surface area contributed by atoms with Gasteiger partial charge in [0.2, 0.25) is 0 Å². The smallest absolute Gasteiger partial charge is 0.365 e. The lowest BCUT2D eigenvalue weighted by atomic mass is 10.2. The van der Waals surface area contributed by atoms with Crippen LogP contribution in [0.4, 0.5) is 18.3 Å². The number of halogens is 3. The number of carbonyl (C=O) groups excluding carboxylic acids is 2. The van der Waals surface area contributed by atoms with Gasteiger partial charge in [-0.3, -0.25) is 14.9 Å². The van der Waals surface area contributed by atoms with E-state index in [4.69, 9.17) is 5.73 Å². The Morgan fingerprint density at radius 2 is 1.85 bits per heavy atom. The zero-order chi connectivity index (χ0) is 18.9. The maximum atomic E-state index is 12.6. The van der Waals surface area contributed by atoms with Gasteiger partial charge in [-0.05, 0) is 24.3 Å². The highest BCUT2D eigenvalue weighted by Crippen LogP contribution is 2.29. The molecule has 0 aliphatic heterocycles. The molecule has 2 heterocycles. The minimum absolute atomic E-state index is 0.167. The van der Waals surface area contributed by atoms with Gasteiger partial charge in [0.25, 0.3) is 11.8 Å². The fourth-order valence-electron chi connectivity index (χ4n) is 2.00. The van der Waals surface area contributed by atoms with Crippen LogP contribution in [0.15, 0.2) is 42.9 Å². The highest BCUT2D eigenvalue weighted by Gasteiger charge is 2.30. The second-order valence-electron chi connectivity index (χ2n) is 5.07. The molecule has 0 unspecified atom stereocenters. The molecule has 0 saturated carbocycles. The highest BCUT2D eigenvalue weighted by atomic mass is 32.1. The summed E-state index contributed by atoms with van der Waals surface area (Å²) in [4.78, 5) is 27.2. The van der Waals surface area contributed by atoms with E-state index in [0.717, 1.165) is 23.5 Å². The number of carbonyl (C=O) groups is 2. The van der Waals surface area contributed by atoms with Gasteiger partial charge in [-0.15, -0.1) is 0 Å². The van der Waals surface area contributed by atoms with Gasteiger partial charge in [0.05, 0.1) is 29.2 Å². The Morgan fingerprint density at radius 3 is 2.42 bits per heavy atom. The number of nitrogens with two attached hydrogens (primary N) is 1. The average Bonchev–Trinajstić information content (AvgIpc) is 3.23. The molecule has 11 heteroatoms. The van der Waals surface area contributed by atoms with Crippen LogP contribution >= 0.6 is 11.3 Å². The molecule has 3 rings (SSSR count). The molecule has 134 valence electrons. The third-order valence-corrected chi connectivity index (χ3v) is 4.20. The number of nitrogens with one attached hydrogen (secondary N) is 1. The molecule has 0 radical (unpaired) electrons. The highest BCUT2D eigenvalue weighted by molar-refractivity contribution is 7.17. The van der Waals surface area contributed by atoms with Crippen LogP contribution < -0.4 is 11.1 Å². The quantitative estimate of drug-likeness (QED) is 0.725. The molecule has 2 aromatic heterocycles. The number of thiazole rings is 1. The SMILES string of the molecule is NC(=O)c1cnc(NC(=O)c2cnn(-c3ccc(C(F)(F)F)cc3)c2)s1. The molecule has 26 heavy (non-hydrogen) atoms. The fraction of sp³-hybridized carbons (Fsp3) is 0.0667. The van der Waals surface area contributed by atoms with E-state index in [1.807, 2.05) is 0 Å². The van der Waals surface area contributed by atoms with Crippen molar-refractivity contribution in [3.8, 4) is 5.69 Å². The van der Waals surface area contributed by atoms with E-state index in [2.05, 4.69) is 15.4 Å². The molecular formula is C15H10F3N5O2S. The van der Waals surface area contributed by atoms with Crippen molar-refractivity contribution in [3.05, 3.63) is 58.9 Å². The van der Waals surface area contributed by atoms with Crippen LogP contribution in [0.5, 0.6) is 0 Å². The van der Waals surface area contributed by atoms with Gasteiger partial charge >= 0.3 is 6.18 Å². The summed E-state index contributed by atoms with van der Waals surface area (Å²) in [5.41, 5.74) is 4.86. The Hall–Kier alpha value is -3.21. The van der Waals surface area contributed by atoms with Crippen molar-refractivity contribution in [1.29, 1.82) is 0 Å². The summed E-state index contributed by atoms with van der Waals surface area (Å²) in [6, 6.07) is 4.35. The molecule has 7 nitrogen and oxygen atoms in total. The summed E-state index contributed by atoms with van der Waals surface area (Å²) in [6.07, 6.45) is -0.560. The summed E-state index contributed by atoms with van der Waals surface area (Å²) in [7, 11) is 0. The monoisotopic (exact) mass is 381 g/mol. The van der Waals surface area contributed by atoms with Crippen molar-refractivity contribution >= 4 is 28.3 Å². The van der Waals surface area contributed by atoms with Gasteiger partial charge in [0, 0.05) is 6.20 Å². The van der Waals surface area contributed by atoms with Crippen molar-refractivity contribution in [1.82, 2.24) is 14.8 Å². The van der Waals surface area contributed by atoms with Crippen molar-refractivity contribution in [2.75, 3.05) is 5.32 Å². The Labute approximate surface area is 148 Å². The number of alkyl halides is 3. The third-order valence-electron chi connectivity index (χ3n) is 3.27. The predicted molar refractivity (Wildman–Crippen MR) is 87.2 cm³/mol. The van der Waals surface area contributed by atoms with E-state index in [-0.39, 0.29) is 15.6 Å². The molecule has 1 aromatic carbocycles. The van der Waals surface area contributed by atoms with Gasteiger partial charge in [-0.2, -0.15) is 18.3 Å². The summed E-state index contributed by atoms with van der Waals surface area (Å²) < 4.78 is 39.0. The summed E-state index contributed by atoms with van der Waals surface area (Å²) in [5, 5.41) is 6.63. The molecule has 2 amide bonds. The van der Waals surface area contributed by atoms with E-state index in [1.165, 1.54) is 35.4 Å². The Kier molecular flexibility index (Phi) is 4.47. The zero-order valence-corrected chi connectivity index (χ0v) is 13.6. The second-order valence-corrected chi connectivity index (χ2v) is 6.10. The van der Waals surface area contributed by atoms with Crippen LogP contribution in [0.2, 0.25) is 0 Å². The Bertz CT molecular complexity index is 962. The number of anilines is 1. The van der Waals surface area contributed by atoms with Crippen molar-refractivity contribution in [2.45, 2.75) is 6.18 Å². The summed E-state index contributed by atoms with van der Waals surface area (Å²) in [5.74, 6) is -1.19. The lowest BCUT2D eigenvalue weighted by Crippen LogP contribution is -2.11. The van der Waals surface area contributed by atoms with E-state index < -0.39 is 23.6 Å². The molecule has 0 aliphatic carbocycles.